The molecule has 10 heteroatoms. The van der Waals surface area contributed by atoms with Gasteiger partial charge < -0.3 is 10.2 Å². The van der Waals surface area contributed by atoms with Crippen LogP contribution in [0.4, 0.5) is 5.69 Å². The fourth-order valence-electron chi connectivity index (χ4n) is 4.73. The minimum absolute atomic E-state index is 0.00799. The van der Waals surface area contributed by atoms with E-state index in [4.69, 9.17) is 23.2 Å². The molecule has 0 saturated carbocycles. The number of halogens is 2. The summed E-state index contributed by atoms with van der Waals surface area (Å²) in [7, 11) is -4.16. The molecular weight excluding hydrogens is 617 g/mol. The first-order chi connectivity index (χ1) is 21.0. The first-order valence-corrected chi connectivity index (χ1v) is 16.4. The molecule has 0 fully saturated rings. The molecule has 230 valence electrons. The number of hydrogen-bond acceptors (Lipinski definition) is 4. The van der Waals surface area contributed by atoms with Crippen molar-refractivity contribution in [2.24, 2.45) is 0 Å². The highest BCUT2D eigenvalue weighted by atomic mass is 35.5. The summed E-state index contributed by atoms with van der Waals surface area (Å²) in [5, 5.41) is 3.59. The van der Waals surface area contributed by atoms with Gasteiger partial charge >= 0.3 is 0 Å². The number of amides is 2. The van der Waals surface area contributed by atoms with Gasteiger partial charge in [-0.25, -0.2) is 8.42 Å². The molecule has 0 aliphatic carbocycles. The fourth-order valence-corrected chi connectivity index (χ4v) is 6.46. The molecule has 4 aromatic rings. The van der Waals surface area contributed by atoms with E-state index in [-0.39, 0.29) is 29.8 Å². The Labute approximate surface area is 269 Å². The highest BCUT2D eigenvalue weighted by molar-refractivity contribution is 7.92. The Morgan fingerprint density at radius 3 is 2.00 bits per heavy atom. The number of nitrogens with one attached hydrogen (secondary N) is 1. The molecular formula is C34H35Cl2N3O4S. The van der Waals surface area contributed by atoms with E-state index in [1.54, 1.807) is 60.7 Å². The Balaban J connectivity index is 1.80. The molecule has 0 saturated heterocycles. The zero-order valence-electron chi connectivity index (χ0n) is 24.8. The van der Waals surface area contributed by atoms with Crippen LogP contribution in [-0.4, -0.2) is 43.8 Å². The quantitative estimate of drug-likeness (QED) is 0.186. The van der Waals surface area contributed by atoms with Crippen LogP contribution in [0, 0.1) is 6.92 Å². The van der Waals surface area contributed by atoms with Crippen molar-refractivity contribution in [1.29, 1.82) is 0 Å². The minimum atomic E-state index is -4.16. The Morgan fingerprint density at radius 2 is 1.41 bits per heavy atom. The second-order valence-electron chi connectivity index (χ2n) is 10.8. The molecule has 0 radical (unpaired) electrons. The maximum Gasteiger partial charge on any atom is 0.264 e. The summed E-state index contributed by atoms with van der Waals surface area (Å²) in [6.07, 6.45) is 0.211. The summed E-state index contributed by atoms with van der Waals surface area (Å²) in [4.78, 5) is 29.6. The number of nitrogens with zero attached hydrogens (tertiary/aromatic N) is 2. The third-order valence-corrected chi connectivity index (χ3v) is 9.50. The molecule has 0 aliphatic heterocycles. The van der Waals surface area contributed by atoms with E-state index in [9.17, 15) is 18.0 Å². The number of para-hydroxylation sites is 1. The van der Waals surface area contributed by atoms with Crippen LogP contribution >= 0.6 is 23.2 Å². The zero-order valence-corrected chi connectivity index (χ0v) is 27.1. The topological polar surface area (TPSA) is 86.8 Å². The third kappa shape index (κ3) is 8.40. The highest BCUT2D eigenvalue weighted by Gasteiger charge is 2.34. The maximum absolute atomic E-state index is 14.4. The van der Waals surface area contributed by atoms with Crippen molar-refractivity contribution in [3.8, 4) is 0 Å². The van der Waals surface area contributed by atoms with Gasteiger partial charge in [0.05, 0.1) is 20.6 Å². The van der Waals surface area contributed by atoms with Crippen LogP contribution in [0.25, 0.3) is 0 Å². The SMILES string of the molecule is Cc1ccc(S(=O)(=O)N(CC(=O)N(Cc2ccc(Cl)c(Cl)c2)[C@@H](Cc2ccccc2)C(=O)NC(C)C)c2ccccc2)cc1. The summed E-state index contributed by atoms with van der Waals surface area (Å²) < 4.78 is 29.1. The average Bonchev–Trinajstić information content (AvgIpc) is 3.00. The molecule has 0 spiro atoms. The van der Waals surface area contributed by atoms with E-state index < -0.39 is 28.5 Å². The largest absolute Gasteiger partial charge is 0.352 e. The smallest absolute Gasteiger partial charge is 0.264 e. The van der Waals surface area contributed by atoms with E-state index in [1.165, 1.54) is 17.0 Å². The molecule has 1 N–H and O–H groups in total. The van der Waals surface area contributed by atoms with E-state index in [2.05, 4.69) is 5.32 Å². The predicted molar refractivity (Wildman–Crippen MR) is 176 cm³/mol. The maximum atomic E-state index is 14.4. The lowest BCUT2D eigenvalue weighted by atomic mass is 10.0. The molecule has 7 nitrogen and oxygen atoms in total. The number of benzene rings is 4. The molecule has 0 aliphatic rings. The third-order valence-electron chi connectivity index (χ3n) is 6.97. The van der Waals surface area contributed by atoms with E-state index in [1.807, 2.05) is 51.1 Å². The van der Waals surface area contributed by atoms with E-state index >= 15 is 0 Å². The van der Waals surface area contributed by atoms with Crippen LogP contribution in [0.15, 0.2) is 108 Å². The summed E-state index contributed by atoms with van der Waals surface area (Å²) in [5.41, 5.74) is 2.70. The van der Waals surface area contributed by atoms with Crippen LogP contribution in [-0.2, 0) is 32.6 Å². The van der Waals surface area contributed by atoms with Crippen molar-refractivity contribution in [3.05, 3.63) is 130 Å². The summed E-state index contributed by atoms with van der Waals surface area (Å²) in [5.74, 6) is -0.916. The fraction of sp³-hybridized carbons (Fsp3) is 0.235. The monoisotopic (exact) mass is 651 g/mol. The van der Waals surface area contributed by atoms with Gasteiger partial charge in [0.2, 0.25) is 11.8 Å². The Kier molecular flexibility index (Phi) is 11.1. The number of carbonyl (C=O) groups excluding carboxylic acids is 2. The standard InChI is InChI=1S/C34H35Cl2N3O4S/c1-24(2)37-34(41)32(21-26-10-6-4-7-11-26)38(22-27-16-19-30(35)31(36)20-27)33(40)23-39(28-12-8-5-9-13-28)44(42,43)29-17-14-25(3)15-18-29/h4-20,24,32H,21-23H2,1-3H3,(H,37,41)/t32-/m0/s1. The molecule has 0 heterocycles. The molecule has 2 amide bonds. The number of anilines is 1. The number of sulfonamides is 1. The van der Waals surface area contributed by atoms with Crippen molar-refractivity contribution in [2.75, 3.05) is 10.8 Å². The van der Waals surface area contributed by atoms with Gasteiger partial charge in [0, 0.05) is 19.0 Å². The number of rotatable bonds is 12. The normalized spacial score (nSPS) is 12.0. The van der Waals surface area contributed by atoms with Gasteiger partial charge in [0.25, 0.3) is 10.0 Å². The summed E-state index contributed by atoms with van der Waals surface area (Å²) >= 11 is 12.5. The molecule has 4 aromatic carbocycles. The Morgan fingerprint density at radius 1 is 0.795 bits per heavy atom. The lowest BCUT2D eigenvalue weighted by Gasteiger charge is -2.34. The van der Waals surface area contributed by atoms with Gasteiger partial charge in [0.15, 0.2) is 0 Å². The van der Waals surface area contributed by atoms with Crippen LogP contribution in [0.1, 0.15) is 30.5 Å². The van der Waals surface area contributed by atoms with E-state index in [0.717, 1.165) is 15.4 Å². The van der Waals surface area contributed by atoms with Crippen molar-refractivity contribution in [1.82, 2.24) is 10.2 Å². The van der Waals surface area contributed by atoms with Crippen LogP contribution < -0.4 is 9.62 Å². The Bertz CT molecular complexity index is 1680. The van der Waals surface area contributed by atoms with Gasteiger partial charge in [-0.1, -0.05) is 95.5 Å². The first kappa shape index (κ1) is 33.1. The number of carbonyl (C=O) groups is 2. The van der Waals surface area contributed by atoms with Gasteiger partial charge in [-0.2, -0.15) is 0 Å². The summed E-state index contributed by atoms with van der Waals surface area (Å²) in [6.45, 7) is 5.00. The molecule has 44 heavy (non-hydrogen) atoms. The van der Waals surface area contributed by atoms with Crippen molar-refractivity contribution >= 4 is 50.7 Å². The average molecular weight is 653 g/mol. The molecule has 0 unspecified atom stereocenters. The molecule has 0 bridgehead atoms. The second-order valence-corrected chi connectivity index (χ2v) is 13.5. The lowest BCUT2D eigenvalue weighted by Crippen LogP contribution is -2.54. The van der Waals surface area contributed by atoms with Crippen molar-refractivity contribution < 1.29 is 18.0 Å². The first-order valence-electron chi connectivity index (χ1n) is 14.2. The zero-order chi connectivity index (χ0) is 31.9. The van der Waals surface area contributed by atoms with Crippen LogP contribution in [0.2, 0.25) is 10.0 Å². The minimum Gasteiger partial charge on any atom is -0.352 e. The van der Waals surface area contributed by atoms with Gasteiger partial charge in [-0.3, -0.25) is 13.9 Å². The lowest BCUT2D eigenvalue weighted by molar-refractivity contribution is -0.140. The molecule has 4 rings (SSSR count). The summed E-state index contributed by atoms with van der Waals surface area (Å²) in [6, 6.07) is 28.1. The van der Waals surface area contributed by atoms with Gasteiger partial charge in [-0.05, 0) is 68.3 Å². The van der Waals surface area contributed by atoms with Crippen LogP contribution in [0.5, 0.6) is 0 Å². The highest BCUT2D eigenvalue weighted by Crippen LogP contribution is 2.27. The van der Waals surface area contributed by atoms with Crippen molar-refractivity contribution in [2.45, 2.75) is 50.7 Å². The predicted octanol–water partition coefficient (Wildman–Crippen LogP) is 6.66. The van der Waals surface area contributed by atoms with Crippen molar-refractivity contribution in [3.63, 3.8) is 0 Å². The van der Waals surface area contributed by atoms with Gasteiger partial charge in [-0.15, -0.1) is 0 Å². The van der Waals surface area contributed by atoms with E-state index in [0.29, 0.717) is 21.3 Å². The van der Waals surface area contributed by atoms with Crippen LogP contribution in [0.3, 0.4) is 0 Å². The second kappa shape index (κ2) is 14.8. The Hall–Kier alpha value is -3.85. The number of aryl methyl sites for hydroxylation is 1. The molecule has 1 atom stereocenters. The van der Waals surface area contributed by atoms with Gasteiger partial charge in [0.1, 0.15) is 12.6 Å². The molecule has 0 aromatic heterocycles. The number of hydrogen-bond donors (Lipinski definition) is 1.